The molecule has 150 valence electrons. The number of hydrogen-bond acceptors (Lipinski definition) is 6. The minimum atomic E-state index is -0.568. The van der Waals surface area contributed by atoms with Gasteiger partial charge in [0.05, 0.1) is 11.4 Å². The number of nitrogens with one attached hydrogen (secondary N) is 2. The number of rotatable bonds is 5. The van der Waals surface area contributed by atoms with Crippen LogP contribution in [-0.4, -0.2) is 27.5 Å². The van der Waals surface area contributed by atoms with Crippen LogP contribution in [0.3, 0.4) is 0 Å². The average Bonchev–Trinajstić information content (AvgIpc) is 3.04. The lowest BCUT2D eigenvalue weighted by atomic mass is 10.1. The number of aromatic nitrogens is 2. The van der Waals surface area contributed by atoms with E-state index in [0.29, 0.717) is 19.0 Å². The smallest absolute Gasteiger partial charge is 0.307 e. The number of aryl methyl sites for hydroxylation is 2. The molecule has 1 aromatic heterocycles. The zero-order valence-electron chi connectivity index (χ0n) is 15.6. The molecule has 29 heavy (non-hydrogen) atoms. The number of carbonyl (C=O) groups excluding carboxylic acids is 2. The van der Waals surface area contributed by atoms with Crippen molar-refractivity contribution in [1.82, 2.24) is 15.1 Å². The zero-order valence-corrected chi connectivity index (χ0v) is 18.8. The van der Waals surface area contributed by atoms with Crippen LogP contribution in [0.15, 0.2) is 46.8 Å². The third-order valence-corrected chi connectivity index (χ3v) is 6.43. The Morgan fingerprint density at radius 3 is 2.62 bits per heavy atom. The fourth-order valence-corrected chi connectivity index (χ4v) is 4.75. The largest absolute Gasteiger partial charge is 0.325 e. The van der Waals surface area contributed by atoms with Gasteiger partial charge in [-0.25, -0.2) is 9.48 Å². The van der Waals surface area contributed by atoms with Gasteiger partial charge >= 0.3 is 6.03 Å². The molecule has 3 rings (SSSR count). The fourth-order valence-electron chi connectivity index (χ4n) is 2.46. The maximum absolute atomic E-state index is 12.1. The number of halogens is 1. The van der Waals surface area contributed by atoms with Crippen LogP contribution in [0.25, 0.3) is 5.69 Å². The third kappa shape index (κ3) is 5.89. The molecular weight excluding hydrogens is 448 g/mol. The van der Waals surface area contributed by atoms with E-state index in [1.54, 1.807) is 22.9 Å². The van der Waals surface area contributed by atoms with Gasteiger partial charge in [-0.3, -0.25) is 10.1 Å². The van der Waals surface area contributed by atoms with Gasteiger partial charge in [0, 0.05) is 10.7 Å². The summed E-state index contributed by atoms with van der Waals surface area (Å²) in [4.78, 5) is 24.1. The second-order valence-electron chi connectivity index (χ2n) is 6.13. The molecular formula is C19H17ClN4O2S3. The van der Waals surface area contributed by atoms with Crippen molar-refractivity contribution in [2.24, 2.45) is 0 Å². The number of benzene rings is 2. The molecule has 10 heteroatoms. The highest BCUT2D eigenvalue weighted by Gasteiger charge is 2.12. The lowest BCUT2D eigenvalue weighted by Gasteiger charge is -2.09. The molecule has 2 N–H and O–H groups in total. The first-order chi connectivity index (χ1) is 13.8. The summed E-state index contributed by atoms with van der Waals surface area (Å²) in [5.74, 6) is -0.375. The standard InChI is InChI=1S/C19H17ClN4O2S3/c1-11-3-8-15(12(2)9-11)21-17(26)22-16(25)10-28-18-23-24(19(27)29-18)14-6-4-13(20)5-7-14/h3-9H,10H2,1-2H3,(H2,21,22,25,26). The Hall–Kier alpha value is -2.20. The van der Waals surface area contributed by atoms with E-state index in [9.17, 15) is 9.59 Å². The van der Waals surface area contributed by atoms with Gasteiger partial charge in [0.15, 0.2) is 8.29 Å². The van der Waals surface area contributed by atoms with Gasteiger partial charge in [0.25, 0.3) is 0 Å². The van der Waals surface area contributed by atoms with Crippen molar-refractivity contribution in [3.05, 3.63) is 62.6 Å². The molecule has 3 amide bonds. The molecule has 1 heterocycles. The van der Waals surface area contributed by atoms with E-state index in [1.165, 1.54) is 23.1 Å². The molecule has 0 saturated heterocycles. The topological polar surface area (TPSA) is 76.0 Å². The molecule has 2 aromatic carbocycles. The van der Waals surface area contributed by atoms with Crippen LogP contribution < -0.4 is 10.6 Å². The molecule has 0 aliphatic heterocycles. The van der Waals surface area contributed by atoms with E-state index in [2.05, 4.69) is 15.7 Å². The highest BCUT2D eigenvalue weighted by molar-refractivity contribution is 8.01. The number of carbonyl (C=O) groups is 2. The third-order valence-electron chi connectivity index (χ3n) is 3.81. The van der Waals surface area contributed by atoms with Gasteiger partial charge in [0.1, 0.15) is 0 Å². The van der Waals surface area contributed by atoms with Crippen molar-refractivity contribution in [1.29, 1.82) is 0 Å². The van der Waals surface area contributed by atoms with Crippen molar-refractivity contribution < 1.29 is 9.59 Å². The number of anilines is 1. The number of nitrogens with zero attached hydrogens (tertiary/aromatic N) is 2. The van der Waals surface area contributed by atoms with Crippen molar-refractivity contribution in [2.45, 2.75) is 18.2 Å². The number of thioether (sulfide) groups is 1. The minimum absolute atomic E-state index is 0.0448. The molecule has 0 unspecified atom stereocenters. The van der Waals surface area contributed by atoms with E-state index in [0.717, 1.165) is 16.8 Å². The number of hydrogen-bond donors (Lipinski definition) is 2. The molecule has 0 aliphatic rings. The maximum atomic E-state index is 12.1. The molecule has 0 atom stereocenters. The van der Waals surface area contributed by atoms with Crippen LogP contribution in [0.1, 0.15) is 11.1 Å². The van der Waals surface area contributed by atoms with Crippen molar-refractivity contribution in [3.8, 4) is 5.69 Å². The second-order valence-corrected chi connectivity index (χ2v) is 9.41. The van der Waals surface area contributed by atoms with E-state index in [1.807, 2.05) is 38.1 Å². The van der Waals surface area contributed by atoms with E-state index >= 15 is 0 Å². The normalized spacial score (nSPS) is 10.6. The Bertz CT molecular complexity index is 1110. The van der Waals surface area contributed by atoms with Crippen LogP contribution in [0, 0.1) is 17.8 Å². The summed E-state index contributed by atoms with van der Waals surface area (Å²) < 4.78 is 2.81. The average molecular weight is 465 g/mol. The summed E-state index contributed by atoms with van der Waals surface area (Å²) in [5.41, 5.74) is 3.48. The molecule has 0 fully saturated rings. The highest BCUT2D eigenvalue weighted by atomic mass is 35.5. The molecule has 0 spiro atoms. The quantitative estimate of drug-likeness (QED) is 0.392. The van der Waals surface area contributed by atoms with Crippen molar-refractivity contribution in [2.75, 3.05) is 11.1 Å². The molecule has 0 aliphatic carbocycles. The summed E-state index contributed by atoms with van der Waals surface area (Å²) in [7, 11) is 0. The first kappa shape index (κ1) is 21.5. The molecule has 0 radical (unpaired) electrons. The predicted octanol–water partition coefficient (Wildman–Crippen LogP) is 5.37. The Morgan fingerprint density at radius 1 is 1.21 bits per heavy atom. The van der Waals surface area contributed by atoms with E-state index < -0.39 is 11.9 Å². The number of imide groups is 1. The number of urea groups is 1. The Balaban J connectivity index is 1.55. The van der Waals surface area contributed by atoms with Crippen molar-refractivity contribution in [3.63, 3.8) is 0 Å². The first-order valence-corrected chi connectivity index (χ1v) is 11.1. The van der Waals surface area contributed by atoms with Crippen LogP contribution in [0.5, 0.6) is 0 Å². The monoisotopic (exact) mass is 464 g/mol. The van der Waals surface area contributed by atoms with E-state index in [-0.39, 0.29) is 5.75 Å². The van der Waals surface area contributed by atoms with Gasteiger partial charge in [-0.15, -0.1) is 5.10 Å². The van der Waals surface area contributed by atoms with Crippen molar-refractivity contribution >= 4 is 64.5 Å². The lowest BCUT2D eigenvalue weighted by molar-refractivity contribution is -0.117. The predicted molar refractivity (Wildman–Crippen MR) is 121 cm³/mol. The Morgan fingerprint density at radius 2 is 1.93 bits per heavy atom. The fraction of sp³-hybridized carbons (Fsp3) is 0.158. The first-order valence-electron chi connectivity index (χ1n) is 8.49. The lowest BCUT2D eigenvalue weighted by Crippen LogP contribution is -2.35. The number of amides is 3. The van der Waals surface area contributed by atoms with E-state index in [4.69, 9.17) is 23.8 Å². The Kier molecular flexibility index (Phi) is 7.07. The van der Waals surface area contributed by atoms with Gasteiger partial charge < -0.3 is 5.32 Å². The molecule has 6 nitrogen and oxygen atoms in total. The van der Waals surface area contributed by atoms with Gasteiger partial charge in [-0.2, -0.15) is 0 Å². The maximum Gasteiger partial charge on any atom is 0.325 e. The van der Waals surface area contributed by atoms with Gasteiger partial charge in [-0.05, 0) is 62.0 Å². The zero-order chi connectivity index (χ0) is 21.0. The highest BCUT2D eigenvalue weighted by Crippen LogP contribution is 2.24. The SMILES string of the molecule is Cc1ccc(NC(=O)NC(=O)CSc2nn(-c3ccc(Cl)cc3)c(=S)s2)c(C)c1. The summed E-state index contributed by atoms with van der Waals surface area (Å²) in [5, 5.41) is 10.0. The van der Waals surface area contributed by atoms with Crippen LogP contribution in [0.4, 0.5) is 10.5 Å². The summed E-state index contributed by atoms with van der Waals surface area (Å²) in [6.45, 7) is 3.87. The molecule has 0 bridgehead atoms. The van der Waals surface area contributed by atoms with Gasteiger partial charge in [0.2, 0.25) is 5.91 Å². The molecule has 3 aromatic rings. The van der Waals surface area contributed by atoms with Crippen LogP contribution >= 0.6 is 46.9 Å². The second kappa shape index (κ2) is 9.53. The van der Waals surface area contributed by atoms with Crippen LogP contribution in [-0.2, 0) is 4.79 Å². The molecule has 0 saturated carbocycles. The summed E-state index contributed by atoms with van der Waals surface area (Å²) in [6.07, 6.45) is 0. The minimum Gasteiger partial charge on any atom is -0.307 e. The van der Waals surface area contributed by atoms with Crippen LogP contribution in [0.2, 0.25) is 5.02 Å². The summed E-state index contributed by atoms with van der Waals surface area (Å²) >= 11 is 13.8. The summed E-state index contributed by atoms with van der Waals surface area (Å²) in [6, 6.07) is 12.2. The Labute approximate surface area is 186 Å². The van der Waals surface area contributed by atoms with Gasteiger partial charge in [-0.1, -0.05) is 52.4 Å².